The van der Waals surface area contributed by atoms with Gasteiger partial charge < -0.3 is 11.1 Å². The minimum atomic E-state index is -0.300. The number of nitrogens with two attached hydrogens (primary N) is 1. The molecule has 2 rings (SSSR count). The van der Waals surface area contributed by atoms with E-state index in [1.54, 1.807) is 12.3 Å². The van der Waals surface area contributed by atoms with Gasteiger partial charge in [0.15, 0.2) is 0 Å². The van der Waals surface area contributed by atoms with Crippen molar-refractivity contribution in [1.29, 1.82) is 0 Å². The largest absolute Gasteiger partial charge is 0.368 e. The number of anilines is 2. The highest BCUT2D eigenvalue weighted by Gasteiger charge is 2.14. The molecule has 0 radical (unpaired) electrons. The van der Waals surface area contributed by atoms with Crippen molar-refractivity contribution in [3.8, 4) is 11.1 Å². The summed E-state index contributed by atoms with van der Waals surface area (Å²) in [6.07, 6.45) is 1.65. The molecule has 0 bridgehead atoms. The van der Waals surface area contributed by atoms with E-state index in [1.165, 1.54) is 12.1 Å². The molecule has 4 nitrogen and oxygen atoms in total. The van der Waals surface area contributed by atoms with E-state index >= 15 is 0 Å². The van der Waals surface area contributed by atoms with Crippen molar-refractivity contribution in [3.05, 3.63) is 42.4 Å². The van der Waals surface area contributed by atoms with Crippen LogP contribution in [0.15, 0.2) is 31.0 Å². The topological polar surface area (TPSA) is 63.8 Å². The Kier molecular flexibility index (Phi) is 4.21. The van der Waals surface area contributed by atoms with Gasteiger partial charge in [-0.15, -0.1) is 0 Å². The maximum Gasteiger partial charge on any atom is 0.221 e. The second-order valence-electron chi connectivity index (χ2n) is 5.26. The normalized spacial score (nSPS) is 10.7. The van der Waals surface area contributed by atoms with E-state index in [9.17, 15) is 4.39 Å². The first-order chi connectivity index (χ1) is 9.88. The van der Waals surface area contributed by atoms with E-state index in [0.29, 0.717) is 5.82 Å². The molecule has 5 heteroatoms. The van der Waals surface area contributed by atoms with Crippen LogP contribution in [0.2, 0.25) is 0 Å². The Labute approximate surface area is 123 Å². The van der Waals surface area contributed by atoms with E-state index in [-0.39, 0.29) is 17.8 Å². The summed E-state index contributed by atoms with van der Waals surface area (Å²) < 4.78 is 13.5. The first-order valence-corrected chi connectivity index (χ1v) is 6.73. The SMILES string of the molecule is C=C(C)c1cc(F)ccc1-c1cnc(N)nc1NC(C)C. The van der Waals surface area contributed by atoms with Crippen LogP contribution < -0.4 is 11.1 Å². The lowest BCUT2D eigenvalue weighted by molar-refractivity contribution is 0.627. The van der Waals surface area contributed by atoms with Gasteiger partial charge in [0.05, 0.1) is 0 Å². The summed E-state index contributed by atoms with van der Waals surface area (Å²) in [7, 11) is 0. The molecule has 21 heavy (non-hydrogen) atoms. The summed E-state index contributed by atoms with van der Waals surface area (Å²) in [6.45, 7) is 9.76. The van der Waals surface area contributed by atoms with Crippen LogP contribution in [0.4, 0.5) is 16.2 Å². The Balaban J connectivity index is 2.64. The number of hydrogen-bond donors (Lipinski definition) is 2. The third-order valence-electron chi connectivity index (χ3n) is 2.96. The molecule has 0 saturated heterocycles. The predicted octanol–water partition coefficient (Wildman–Crippen LogP) is 3.72. The van der Waals surface area contributed by atoms with Gasteiger partial charge in [0.1, 0.15) is 11.6 Å². The number of nitrogens with zero attached hydrogens (tertiary/aromatic N) is 2. The van der Waals surface area contributed by atoms with Crippen LogP contribution in [0.3, 0.4) is 0 Å². The molecule has 110 valence electrons. The first-order valence-electron chi connectivity index (χ1n) is 6.73. The lowest BCUT2D eigenvalue weighted by Crippen LogP contribution is -2.13. The van der Waals surface area contributed by atoms with Crippen LogP contribution >= 0.6 is 0 Å². The molecule has 0 aliphatic heterocycles. The Hall–Kier alpha value is -2.43. The summed E-state index contributed by atoms with van der Waals surface area (Å²) in [5, 5.41) is 3.24. The molecular weight excluding hydrogens is 267 g/mol. The third kappa shape index (κ3) is 3.37. The molecule has 0 unspecified atom stereocenters. The molecule has 0 amide bonds. The Morgan fingerprint density at radius 2 is 2.05 bits per heavy atom. The van der Waals surface area contributed by atoms with Crippen LogP contribution in [-0.2, 0) is 0 Å². The molecule has 0 aliphatic carbocycles. The first kappa shape index (κ1) is 15.0. The standard InChI is InChI=1S/C16H19FN4/c1-9(2)13-7-11(17)5-6-12(13)14-8-19-16(18)21-15(14)20-10(3)4/h5-8,10H,1H2,2-4H3,(H3,18,19,20,21). The van der Waals surface area contributed by atoms with Gasteiger partial charge in [-0.2, -0.15) is 4.98 Å². The second-order valence-corrected chi connectivity index (χ2v) is 5.26. The van der Waals surface area contributed by atoms with Gasteiger partial charge in [0, 0.05) is 17.8 Å². The zero-order valence-electron chi connectivity index (χ0n) is 12.4. The summed E-state index contributed by atoms with van der Waals surface area (Å²) in [4.78, 5) is 8.29. The average molecular weight is 286 g/mol. The van der Waals surface area contributed by atoms with Crippen molar-refractivity contribution in [3.63, 3.8) is 0 Å². The van der Waals surface area contributed by atoms with Crippen LogP contribution in [-0.4, -0.2) is 16.0 Å². The van der Waals surface area contributed by atoms with Crippen molar-refractivity contribution >= 4 is 17.3 Å². The maximum absolute atomic E-state index is 13.5. The van der Waals surface area contributed by atoms with Crippen LogP contribution in [0.1, 0.15) is 26.3 Å². The van der Waals surface area contributed by atoms with Crippen LogP contribution in [0.25, 0.3) is 16.7 Å². The quantitative estimate of drug-likeness (QED) is 0.899. The number of rotatable bonds is 4. The number of nitrogens with one attached hydrogen (secondary N) is 1. The lowest BCUT2D eigenvalue weighted by Gasteiger charge is -2.16. The molecule has 0 saturated carbocycles. The highest BCUT2D eigenvalue weighted by molar-refractivity contribution is 5.85. The zero-order chi connectivity index (χ0) is 15.6. The number of halogens is 1. The van der Waals surface area contributed by atoms with E-state index < -0.39 is 0 Å². The molecular formula is C16H19FN4. The summed E-state index contributed by atoms with van der Waals surface area (Å²) in [5.74, 6) is 0.527. The third-order valence-corrected chi connectivity index (χ3v) is 2.96. The average Bonchev–Trinajstić information content (AvgIpc) is 2.38. The van der Waals surface area contributed by atoms with Crippen LogP contribution in [0, 0.1) is 5.82 Å². The Morgan fingerprint density at radius 3 is 2.67 bits per heavy atom. The van der Waals surface area contributed by atoms with Gasteiger partial charge in [0.2, 0.25) is 5.95 Å². The monoisotopic (exact) mass is 286 g/mol. The van der Waals surface area contributed by atoms with E-state index in [0.717, 1.165) is 22.3 Å². The highest BCUT2D eigenvalue weighted by atomic mass is 19.1. The number of nitrogen functional groups attached to an aromatic ring is 1. The van der Waals surface area contributed by atoms with Crippen molar-refractivity contribution in [2.24, 2.45) is 0 Å². The van der Waals surface area contributed by atoms with Gasteiger partial charge in [-0.3, -0.25) is 0 Å². The van der Waals surface area contributed by atoms with Gasteiger partial charge in [-0.25, -0.2) is 9.37 Å². The van der Waals surface area contributed by atoms with Crippen molar-refractivity contribution in [1.82, 2.24) is 9.97 Å². The molecule has 1 heterocycles. The molecule has 2 aromatic rings. The molecule has 0 fully saturated rings. The smallest absolute Gasteiger partial charge is 0.221 e. The Morgan fingerprint density at radius 1 is 1.33 bits per heavy atom. The molecule has 3 N–H and O–H groups in total. The molecule has 1 aromatic carbocycles. The van der Waals surface area contributed by atoms with E-state index in [1.807, 2.05) is 20.8 Å². The van der Waals surface area contributed by atoms with Crippen LogP contribution in [0.5, 0.6) is 0 Å². The predicted molar refractivity (Wildman–Crippen MR) is 85.3 cm³/mol. The van der Waals surface area contributed by atoms with Crippen molar-refractivity contribution in [2.45, 2.75) is 26.8 Å². The zero-order valence-corrected chi connectivity index (χ0v) is 12.4. The van der Waals surface area contributed by atoms with Gasteiger partial charge in [-0.05, 0) is 44.0 Å². The number of hydrogen-bond acceptors (Lipinski definition) is 4. The van der Waals surface area contributed by atoms with Gasteiger partial charge >= 0.3 is 0 Å². The van der Waals surface area contributed by atoms with Crippen molar-refractivity contribution in [2.75, 3.05) is 11.1 Å². The summed E-state index contributed by atoms with van der Waals surface area (Å²) in [6, 6.07) is 4.77. The number of benzene rings is 1. The molecule has 0 atom stereocenters. The second kappa shape index (κ2) is 5.91. The van der Waals surface area contributed by atoms with E-state index in [2.05, 4.69) is 21.9 Å². The number of allylic oxidation sites excluding steroid dienone is 1. The molecule has 1 aromatic heterocycles. The van der Waals surface area contributed by atoms with E-state index in [4.69, 9.17) is 5.73 Å². The summed E-state index contributed by atoms with van der Waals surface area (Å²) in [5.41, 5.74) is 8.77. The fraction of sp³-hybridized carbons (Fsp3) is 0.250. The fourth-order valence-corrected chi connectivity index (χ4v) is 2.08. The molecule has 0 spiro atoms. The minimum Gasteiger partial charge on any atom is -0.368 e. The lowest BCUT2D eigenvalue weighted by atomic mass is 9.96. The Bertz CT molecular complexity index is 680. The molecule has 0 aliphatic rings. The highest BCUT2D eigenvalue weighted by Crippen LogP contribution is 2.33. The fourth-order valence-electron chi connectivity index (χ4n) is 2.08. The van der Waals surface area contributed by atoms with Crippen molar-refractivity contribution < 1.29 is 4.39 Å². The van der Waals surface area contributed by atoms with Gasteiger partial charge in [0.25, 0.3) is 0 Å². The minimum absolute atomic E-state index is 0.187. The number of aromatic nitrogens is 2. The summed E-state index contributed by atoms with van der Waals surface area (Å²) >= 11 is 0. The maximum atomic E-state index is 13.5. The van der Waals surface area contributed by atoms with Gasteiger partial charge in [-0.1, -0.05) is 18.2 Å².